The number of hydrogen-bond donors (Lipinski definition) is 1. The van der Waals surface area contributed by atoms with Gasteiger partial charge in [0.15, 0.2) is 11.5 Å². The van der Waals surface area contributed by atoms with Gasteiger partial charge in [0.25, 0.3) is 0 Å². The molecule has 0 amide bonds. The van der Waals surface area contributed by atoms with E-state index in [0.717, 1.165) is 10.9 Å². The van der Waals surface area contributed by atoms with Crippen LogP contribution in [0.1, 0.15) is 29.9 Å². The molecule has 2 aromatic rings. The Morgan fingerprint density at radius 3 is 2.24 bits per heavy atom. The Bertz CT molecular complexity index is 657. The molecule has 0 spiro atoms. The van der Waals surface area contributed by atoms with Crippen LogP contribution < -0.4 is 0 Å². The van der Waals surface area contributed by atoms with Crippen LogP contribution in [0.4, 0.5) is 13.2 Å². The molecule has 7 heteroatoms. The van der Waals surface area contributed by atoms with Gasteiger partial charge < -0.3 is 0 Å². The van der Waals surface area contributed by atoms with Crippen LogP contribution in [0.25, 0.3) is 5.69 Å². The van der Waals surface area contributed by atoms with Crippen LogP contribution in [-0.2, 0) is 6.18 Å². The highest BCUT2D eigenvalue weighted by Crippen LogP contribution is 2.35. The molecule has 0 aliphatic rings. The van der Waals surface area contributed by atoms with E-state index in [1.54, 1.807) is 18.2 Å². The highest BCUT2D eigenvalue weighted by molar-refractivity contribution is 7.82. The molecule has 1 heterocycles. The lowest BCUT2D eigenvalue weighted by Crippen LogP contribution is -2.27. The maximum atomic E-state index is 13.3. The van der Waals surface area contributed by atoms with Crippen molar-refractivity contribution in [3.63, 3.8) is 0 Å². The third kappa shape index (κ3) is 3.12. The van der Waals surface area contributed by atoms with Crippen molar-refractivity contribution in [1.29, 1.82) is 0 Å². The molecular weight excluding hydrogens is 301 g/mol. The second-order valence-corrected chi connectivity index (χ2v) is 6.16. The van der Waals surface area contributed by atoms with E-state index < -0.39 is 28.0 Å². The number of thiol groups is 1. The zero-order valence-corrected chi connectivity index (χ0v) is 12.2. The molecule has 0 radical (unpaired) electrons. The second kappa shape index (κ2) is 5.22. The molecule has 2 rings (SSSR count). The number of rotatable bonds is 3. The van der Waals surface area contributed by atoms with Gasteiger partial charge in [0.2, 0.25) is 0 Å². The van der Waals surface area contributed by atoms with Crippen LogP contribution in [0.15, 0.2) is 36.5 Å². The van der Waals surface area contributed by atoms with Crippen molar-refractivity contribution in [2.75, 3.05) is 0 Å². The Kier molecular flexibility index (Phi) is 3.88. The summed E-state index contributed by atoms with van der Waals surface area (Å²) in [5.74, 6) is -0.722. The number of carbonyl (C=O) groups excluding carboxylic acids is 1. The summed E-state index contributed by atoms with van der Waals surface area (Å²) < 4.78 is 39.5. The summed E-state index contributed by atoms with van der Waals surface area (Å²) in [6.07, 6.45) is -3.76. The number of benzene rings is 1. The largest absolute Gasteiger partial charge is 0.434 e. The predicted molar refractivity (Wildman–Crippen MR) is 76.0 cm³/mol. The number of halogens is 3. The van der Waals surface area contributed by atoms with Gasteiger partial charge in [0.1, 0.15) is 0 Å². The van der Waals surface area contributed by atoms with E-state index >= 15 is 0 Å². The second-order valence-electron chi connectivity index (χ2n) is 5.04. The summed E-state index contributed by atoms with van der Waals surface area (Å²) in [6.45, 7) is 2.89. The molecule has 0 fully saturated rings. The van der Waals surface area contributed by atoms with E-state index in [1.165, 1.54) is 26.0 Å². The molecule has 0 N–H and O–H groups in total. The monoisotopic (exact) mass is 314 g/mol. The molecule has 0 bridgehead atoms. The van der Waals surface area contributed by atoms with Crippen LogP contribution in [0.5, 0.6) is 0 Å². The van der Waals surface area contributed by atoms with Crippen LogP contribution >= 0.6 is 12.6 Å². The minimum atomic E-state index is -4.70. The van der Waals surface area contributed by atoms with Crippen molar-refractivity contribution in [3.8, 4) is 5.69 Å². The summed E-state index contributed by atoms with van der Waals surface area (Å²) >= 11 is 4.05. The van der Waals surface area contributed by atoms with Crippen LogP contribution in [0, 0.1) is 0 Å². The fourth-order valence-electron chi connectivity index (χ4n) is 1.88. The highest BCUT2D eigenvalue weighted by atomic mass is 32.1. The third-order valence-electron chi connectivity index (χ3n) is 2.84. The lowest BCUT2D eigenvalue weighted by molar-refractivity contribution is -0.143. The van der Waals surface area contributed by atoms with E-state index in [1.807, 2.05) is 0 Å². The summed E-state index contributed by atoms with van der Waals surface area (Å²) in [5.41, 5.74) is -1.33. The number of ketones is 1. The molecule has 112 valence electrons. The topological polar surface area (TPSA) is 34.9 Å². The average Bonchev–Trinajstić information content (AvgIpc) is 2.82. The Morgan fingerprint density at radius 1 is 1.19 bits per heavy atom. The molecule has 1 aromatic carbocycles. The van der Waals surface area contributed by atoms with Gasteiger partial charge in [-0.05, 0) is 26.0 Å². The van der Waals surface area contributed by atoms with Crippen LogP contribution in [0.2, 0.25) is 0 Å². The van der Waals surface area contributed by atoms with E-state index in [2.05, 4.69) is 17.7 Å². The number of nitrogens with zero attached hydrogens (tertiary/aromatic N) is 2. The van der Waals surface area contributed by atoms with Gasteiger partial charge in [-0.2, -0.15) is 30.9 Å². The fourth-order valence-corrected chi connectivity index (χ4v) is 2.00. The van der Waals surface area contributed by atoms with Crippen molar-refractivity contribution in [2.24, 2.45) is 0 Å². The summed E-state index contributed by atoms with van der Waals surface area (Å²) in [7, 11) is 0. The van der Waals surface area contributed by atoms with Crippen LogP contribution in [-0.4, -0.2) is 20.3 Å². The Morgan fingerprint density at radius 2 is 1.76 bits per heavy atom. The van der Waals surface area contributed by atoms with Gasteiger partial charge >= 0.3 is 6.18 Å². The van der Waals surface area contributed by atoms with Gasteiger partial charge in [0, 0.05) is 0 Å². The van der Waals surface area contributed by atoms with Gasteiger partial charge in [-0.1, -0.05) is 18.2 Å². The van der Waals surface area contributed by atoms with Crippen LogP contribution in [0.3, 0.4) is 0 Å². The SMILES string of the molecule is CC(C)(S)C(=O)c1cnn(-c2ccccc2)c1C(F)(F)F. The first-order chi connectivity index (χ1) is 9.62. The van der Waals surface area contributed by atoms with Gasteiger partial charge in [-0.3, -0.25) is 4.79 Å². The summed E-state index contributed by atoms with van der Waals surface area (Å²) in [4.78, 5) is 12.1. The lowest BCUT2D eigenvalue weighted by atomic mass is 10.0. The van der Waals surface area contributed by atoms with E-state index in [4.69, 9.17) is 0 Å². The van der Waals surface area contributed by atoms with Crippen molar-refractivity contribution >= 4 is 18.4 Å². The van der Waals surface area contributed by atoms with E-state index in [0.29, 0.717) is 0 Å². The average molecular weight is 314 g/mol. The van der Waals surface area contributed by atoms with Gasteiger partial charge in [0.05, 0.1) is 22.2 Å². The lowest BCUT2D eigenvalue weighted by Gasteiger charge is -2.17. The Balaban J connectivity index is 2.66. The standard InChI is InChI=1S/C14H13F3N2OS/c1-13(2,21)12(20)10-8-18-19(11(10)14(15,16)17)9-6-4-3-5-7-9/h3-8,21H,1-2H3. The normalized spacial score (nSPS) is 12.5. The Labute approximate surface area is 125 Å². The molecule has 1 aromatic heterocycles. The molecule has 0 atom stereocenters. The number of hydrogen-bond acceptors (Lipinski definition) is 3. The first kappa shape index (κ1) is 15.6. The maximum absolute atomic E-state index is 13.3. The van der Waals surface area contributed by atoms with Crippen molar-refractivity contribution in [3.05, 3.63) is 47.8 Å². The number of para-hydroxylation sites is 1. The summed E-state index contributed by atoms with van der Waals surface area (Å²) in [5, 5.41) is 3.73. The minimum Gasteiger partial charge on any atom is -0.292 e. The smallest absolute Gasteiger partial charge is 0.292 e. The number of carbonyl (C=O) groups is 1. The Hall–Kier alpha value is -1.76. The maximum Gasteiger partial charge on any atom is 0.434 e. The molecule has 0 saturated carbocycles. The van der Waals surface area contributed by atoms with Gasteiger partial charge in [-0.25, -0.2) is 4.68 Å². The van der Waals surface area contributed by atoms with E-state index in [-0.39, 0.29) is 5.69 Å². The molecule has 0 aliphatic carbocycles. The molecule has 3 nitrogen and oxygen atoms in total. The zero-order chi connectivity index (χ0) is 15.8. The number of alkyl halides is 3. The van der Waals surface area contributed by atoms with Crippen molar-refractivity contribution in [1.82, 2.24) is 9.78 Å². The van der Waals surface area contributed by atoms with E-state index in [9.17, 15) is 18.0 Å². The van der Waals surface area contributed by atoms with Crippen molar-refractivity contribution in [2.45, 2.75) is 24.8 Å². The molecule has 0 unspecified atom stereocenters. The minimum absolute atomic E-state index is 0.237. The predicted octanol–water partition coefficient (Wildman–Crippen LogP) is 3.78. The highest BCUT2D eigenvalue weighted by Gasteiger charge is 2.42. The van der Waals surface area contributed by atoms with Gasteiger partial charge in [-0.15, -0.1) is 0 Å². The quantitative estimate of drug-likeness (QED) is 0.691. The third-order valence-corrected chi connectivity index (χ3v) is 3.04. The molecular formula is C14H13F3N2OS. The first-order valence-corrected chi connectivity index (χ1v) is 6.55. The number of aromatic nitrogens is 2. The van der Waals surface area contributed by atoms with Crippen molar-refractivity contribution < 1.29 is 18.0 Å². The fraction of sp³-hybridized carbons (Fsp3) is 0.286. The molecule has 0 saturated heterocycles. The molecule has 21 heavy (non-hydrogen) atoms. The number of Topliss-reactive ketones (excluding diaryl/α,β-unsaturated/α-hetero) is 1. The summed E-state index contributed by atoms with van der Waals surface area (Å²) in [6, 6.07) is 7.86. The first-order valence-electron chi connectivity index (χ1n) is 6.10. The molecule has 0 aliphatic heterocycles. The zero-order valence-electron chi connectivity index (χ0n) is 11.3.